The minimum atomic E-state index is -0.0752. The SMILES string of the molecule is CC(C)n1cnnc1-c1cccc(-n2cc(C3CC3)c3ccc(-n4cnc(C5CC5)c4)cc3c2=O)n1. The number of imidazole rings is 1. The van der Waals surface area contributed by atoms with Crippen LogP contribution in [0.15, 0.2) is 66.2 Å². The van der Waals surface area contributed by atoms with Crippen molar-refractivity contribution in [3.8, 4) is 23.0 Å². The first-order chi connectivity index (χ1) is 17.6. The molecule has 1 aromatic carbocycles. The van der Waals surface area contributed by atoms with Crippen LogP contribution in [0.3, 0.4) is 0 Å². The predicted octanol–water partition coefficient (Wildman–Crippen LogP) is 5.17. The fourth-order valence-corrected chi connectivity index (χ4v) is 4.96. The van der Waals surface area contributed by atoms with E-state index < -0.39 is 0 Å². The van der Waals surface area contributed by atoms with Crippen molar-refractivity contribution in [2.24, 2.45) is 0 Å². The molecule has 0 radical (unpaired) electrons. The Morgan fingerprint density at radius 2 is 1.78 bits per heavy atom. The highest BCUT2D eigenvalue weighted by atomic mass is 16.1. The van der Waals surface area contributed by atoms with Crippen LogP contribution in [0.2, 0.25) is 0 Å². The van der Waals surface area contributed by atoms with Crippen molar-refractivity contribution in [2.45, 2.75) is 57.4 Å². The Bertz CT molecular complexity index is 1670. The van der Waals surface area contributed by atoms with Gasteiger partial charge in [0.25, 0.3) is 5.56 Å². The molecule has 0 atom stereocenters. The van der Waals surface area contributed by atoms with Gasteiger partial charge in [0.05, 0.1) is 12.0 Å². The van der Waals surface area contributed by atoms with Gasteiger partial charge in [0.2, 0.25) is 0 Å². The van der Waals surface area contributed by atoms with E-state index in [0.717, 1.165) is 29.6 Å². The molecule has 8 heteroatoms. The normalized spacial score (nSPS) is 15.8. The van der Waals surface area contributed by atoms with Crippen LogP contribution in [-0.4, -0.2) is 33.9 Å². The highest BCUT2D eigenvalue weighted by Crippen LogP contribution is 2.43. The van der Waals surface area contributed by atoms with E-state index in [1.54, 1.807) is 10.9 Å². The van der Waals surface area contributed by atoms with Crippen molar-refractivity contribution in [1.82, 2.24) is 33.9 Å². The van der Waals surface area contributed by atoms with Gasteiger partial charge in [0, 0.05) is 35.4 Å². The Labute approximate surface area is 208 Å². The number of hydrogen-bond donors (Lipinski definition) is 0. The van der Waals surface area contributed by atoms with E-state index in [-0.39, 0.29) is 11.6 Å². The number of nitrogens with zero attached hydrogens (tertiary/aromatic N) is 7. The van der Waals surface area contributed by atoms with Gasteiger partial charge in [-0.25, -0.2) is 9.97 Å². The molecule has 2 saturated carbocycles. The number of rotatable bonds is 6. The number of benzene rings is 1. The minimum Gasteiger partial charge on any atom is -0.310 e. The molecule has 7 rings (SSSR count). The van der Waals surface area contributed by atoms with Crippen molar-refractivity contribution in [1.29, 1.82) is 0 Å². The molecular formula is C28H27N7O. The molecule has 0 aliphatic heterocycles. The standard InChI is InChI=1S/C28H27N7O/c1-17(2)35-16-30-32-27(35)24-4-3-5-26(31-24)34-13-23(18-6-7-18)21-11-10-20(12-22(21)28(34)36)33-14-25(29-15-33)19-8-9-19/h3-5,10-19H,6-9H2,1-2H3. The number of pyridine rings is 2. The van der Waals surface area contributed by atoms with E-state index >= 15 is 0 Å². The zero-order chi connectivity index (χ0) is 24.4. The van der Waals surface area contributed by atoms with Crippen LogP contribution in [0.1, 0.15) is 68.7 Å². The fraction of sp³-hybridized carbons (Fsp3) is 0.321. The molecular weight excluding hydrogens is 450 g/mol. The second-order valence-electron chi connectivity index (χ2n) is 10.3. The third-order valence-corrected chi connectivity index (χ3v) is 7.28. The average Bonchev–Trinajstić information content (AvgIpc) is 3.82. The maximum Gasteiger partial charge on any atom is 0.264 e. The smallest absolute Gasteiger partial charge is 0.264 e. The Morgan fingerprint density at radius 1 is 0.944 bits per heavy atom. The average molecular weight is 478 g/mol. The summed E-state index contributed by atoms with van der Waals surface area (Å²) >= 11 is 0. The second-order valence-corrected chi connectivity index (χ2v) is 10.3. The van der Waals surface area contributed by atoms with Crippen molar-refractivity contribution in [2.75, 3.05) is 0 Å². The molecule has 2 aliphatic carbocycles. The van der Waals surface area contributed by atoms with Gasteiger partial charge < -0.3 is 9.13 Å². The molecule has 0 unspecified atom stereocenters. The van der Waals surface area contributed by atoms with E-state index in [0.29, 0.717) is 34.6 Å². The maximum atomic E-state index is 13.9. The molecule has 2 fully saturated rings. The molecule has 4 heterocycles. The van der Waals surface area contributed by atoms with Gasteiger partial charge in [-0.15, -0.1) is 10.2 Å². The molecule has 0 spiro atoms. The van der Waals surface area contributed by atoms with Gasteiger partial charge in [-0.05, 0) is 80.7 Å². The summed E-state index contributed by atoms with van der Waals surface area (Å²) in [5.41, 5.74) is 3.91. The summed E-state index contributed by atoms with van der Waals surface area (Å²) in [6.45, 7) is 4.16. The van der Waals surface area contributed by atoms with Crippen molar-refractivity contribution in [3.63, 3.8) is 0 Å². The molecule has 0 amide bonds. The molecule has 36 heavy (non-hydrogen) atoms. The monoisotopic (exact) mass is 477 g/mol. The van der Waals surface area contributed by atoms with Gasteiger partial charge in [0.1, 0.15) is 17.8 Å². The Morgan fingerprint density at radius 3 is 2.56 bits per heavy atom. The van der Waals surface area contributed by atoms with E-state index in [1.165, 1.54) is 18.4 Å². The third kappa shape index (κ3) is 3.56. The molecule has 0 saturated heterocycles. The summed E-state index contributed by atoms with van der Waals surface area (Å²) in [5, 5.41) is 10.1. The second kappa shape index (κ2) is 7.98. The summed E-state index contributed by atoms with van der Waals surface area (Å²) in [4.78, 5) is 23.3. The lowest BCUT2D eigenvalue weighted by molar-refractivity contribution is 0.603. The first-order valence-corrected chi connectivity index (χ1v) is 12.7. The highest BCUT2D eigenvalue weighted by molar-refractivity contribution is 5.87. The quantitative estimate of drug-likeness (QED) is 0.337. The van der Waals surface area contributed by atoms with Crippen LogP contribution < -0.4 is 5.56 Å². The van der Waals surface area contributed by atoms with Gasteiger partial charge in [-0.2, -0.15) is 0 Å². The van der Waals surface area contributed by atoms with Crippen LogP contribution in [0.25, 0.3) is 33.8 Å². The fourth-order valence-electron chi connectivity index (χ4n) is 4.96. The molecule has 5 aromatic rings. The van der Waals surface area contributed by atoms with Crippen molar-refractivity contribution >= 4 is 10.8 Å². The van der Waals surface area contributed by atoms with Crippen LogP contribution in [0.4, 0.5) is 0 Å². The lowest BCUT2D eigenvalue weighted by Crippen LogP contribution is -2.20. The van der Waals surface area contributed by atoms with Gasteiger partial charge >= 0.3 is 0 Å². The molecule has 8 nitrogen and oxygen atoms in total. The third-order valence-electron chi connectivity index (χ3n) is 7.28. The number of aromatic nitrogens is 7. The summed E-state index contributed by atoms with van der Waals surface area (Å²) in [7, 11) is 0. The Balaban J connectivity index is 1.38. The van der Waals surface area contributed by atoms with E-state index in [1.807, 2.05) is 45.9 Å². The predicted molar refractivity (Wildman–Crippen MR) is 138 cm³/mol. The lowest BCUT2D eigenvalue weighted by atomic mass is 10.0. The molecule has 180 valence electrons. The summed E-state index contributed by atoms with van der Waals surface area (Å²) < 4.78 is 5.71. The topological polar surface area (TPSA) is 83.4 Å². The minimum absolute atomic E-state index is 0.0752. The van der Waals surface area contributed by atoms with E-state index in [9.17, 15) is 4.79 Å². The number of fused-ring (bicyclic) bond motifs is 1. The van der Waals surface area contributed by atoms with Crippen LogP contribution >= 0.6 is 0 Å². The van der Waals surface area contributed by atoms with Gasteiger partial charge in [0.15, 0.2) is 5.82 Å². The molecule has 4 aromatic heterocycles. The maximum absolute atomic E-state index is 13.9. The van der Waals surface area contributed by atoms with Crippen LogP contribution in [-0.2, 0) is 0 Å². The largest absolute Gasteiger partial charge is 0.310 e. The first-order valence-electron chi connectivity index (χ1n) is 12.7. The Kier molecular flexibility index (Phi) is 4.71. The van der Waals surface area contributed by atoms with Crippen molar-refractivity contribution in [3.05, 3.63) is 83.1 Å². The molecule has 0 bridgehead atoms. The summed E-state index contributed by atoms with van der Waals surface area (Å²) in [5.74, 6) is 2.35. The zero-order valence-corrected chi connectivity index (χ0v) is 20.4. The van der Waals surface area contributed by atoms with E-state index in [4.69, 9.17) is 4.98 Å². The summed E-state index contributed by atoms with van der Waals surface area (Å²) in [6, 6.07) is 12.1. The van der Waals surface area contributed by atoms with Crippen LogP contribution in [0.5, 0.6) is 0 Å². The van der Waals surface area contributed by atoms with Crippen LogP contribution in [0, 0.1) is 0 Å². The molecule has 2 aliphatic rings. The van der Waals surface area contributed by atoms with Gasteiger partial charge in [-0.3, -0.25) is 9.36 Å². The Hall–Kier alpha value is -4.07. The molecule has 0 N–H and O–H groups in total. The van der Waals surface area contributed by atoms with Gasteiger partial charge in [-0.1, -0.05) is 12.1 Å². The van der Waals surface area contributed by atoms with Crippen molar-refractivity contribution < 1.29 is 0 Å². The van der Waals surface area contributed by atoms with E-state index in [2.05, 4.69) is 47.4 Å². The number of hydrogen-bond acceptors (Lipinski definition) is 5. The lowest BCUT2D eigenvalue weighted by Gasteiger charge is -2.14. The first kappa shape index (κ1) is 21.2. The summed E-state index contributed by atoms with van der Waals surface area (Å²) in [6.07, 6.45) is 12.4. The highest BCUT2D eigenvalue weighted by Gasteiger charge is 2.28. The zero-order valence-electron chi connectivity index (χ0n) is 20.4.